The van der Waals surface area contributed by atoms with E-state index >= 15 is 0 Å². The third-order valence-electron chi connectivity index (χ3n) is 4.70. The number of aryl methyl sites for hydroxylation is 2. The zero-order valence-corrected chi connectivity index (χ0v) is 17.4. The van der Waals surface area contributed by atoms with Gasteiger partial charge < -0.3 is 19.2 Å². The van der Waals surface area contributed by atoms with E-state index in [4.69, 9.17) is 25.5 Å². The average Bonchev–Trinajstić information content (AvgIpc) is 3.03. The number of amides is 1. The average molecular weight is 416 g/mol. The number of esters is 1. The van der Waals surface area contributed by atoms with E-state index in [0.717, 1.165) is 27.7 Å². The number of carbonyl (C=O) groups is 2. The van der Waals surface area contributed by atoms with Crippen LogP contribution in [0.15, 0.2) is 41.0 Å². The summed E-state index contributed by atoms with van der Waals surface area (Å²) in [6.07, 6.45) is 0.563. The predicted octanol–water partition coefficient (Wildman–Crippen LogP) is 4.82. The summed E-state index contributed by atoms with van der Waals surface area (Å²) in [5.74, 6) is -0.550. The molecule has 1 heterocycles. The van der Waals surface area contributed by atoms with Crippen LogP contribution >= 0.6 is 11.6 Å². The molecule has 29 heavy (non-hydrogen) atoms. The van der Waals surface area contributed by atoms with E-state index in [-0.39, 0.29) is 6.42 Å². The predicted molar refractivity (Wildman–Crippen MR) is 112 cm³/mol. The van der Waals surface area contributed by atoms with Gasteiger partial charge in [-0.2, -0.15) is 0 Å². The Morgan fingerprint density at radius 1 is 1.17 bits per heavy atom. The van der Waals surface area contributed by atoms with Crippen LogP contribution in [0.3, 0.4) is 0 Å². The highest BCUT2D eigenvalue weighted by atomic mass is 35.5. The highest BCUT2D eigenvalue weighted by Crippen LogP contribution is 2.28. The maximum Gasteiger partial charge on any atom is 0.311 e. The van der Waals surface area contributed by atoms with Crippen LogP contribution < -0.4 is 10.1 Å². The van der Waals surface area contributed by atoms with E-state index in [1.807, 2.05) is 26.0 Å². The molecule has 0 unspecified atom stereocenters. The van der Waals surface area contributed by atoms with Crippen molar-refractivity contribution in [2.75, 3.05) is 12.4 Å². The molecule has 7 heteroatoms. The van der Waals surface area contributed by atoms with Gasteiger partial charge in [-0.25, -0.2) is 0 Å². The number of halogens is 1. The molecule has 1 aromatic heterocycles. The maximum absolute atomic E-state index is 12.4. The number of furan rings is 1. The number of nitrogens with one attached hydrogen (secondary N) is 1. The normalized spacial score (nSPS) is 11.9. The molecule has 2 aromatic carbocycles. The number of hydrogen-bond donors (Lipinski definition) is 1. The van der Waals surface area contributed by atoms with Gasteiger partial charge in [-0.3, -0.25) is 9.59 Å². The first-order valence-electron chi connectivity index (χ1n) is 9.09. The van der Waals surface area contributed by atoms with Crippen molar-refractivity contribution in [3.05, 3.63) is 58.3 Å². The lowest BCUT2D eigenvalue weighted by atomic mass is 10.0. The third kappa shape index (κ3) is 4.71. The van der Waals surface area contributed by atoms with Crippen molar-refractivity contribution in [2.45, 2.75) is 33.3 Å². The number of ether oxygens (including phenoxy) is 2. The van der Waals surface area contributed by atoms with Gasteiger partial charge >= 0.3 is 5.97 Å². The number of carbonyl (C=O) groups excluding carboxylic acids is 2. The summed E-state index contributed by atoms with van der Waals surface area (Å²) in [5, 5.41) is 3.98. The molecule has 0 fully saturated rings. The second-order valence-corrected chi connectivity index (χ2v) is 7.27. The molecule has 1 amide bonds. The number of fused-ring (bicyclic) bond motifs is 1. The third-order valence-corrected chi connectivity index (χ3v) is 4.94. The monoisotopic (exact) mass is 415 g/mol. The van der Waals surface area contributed by atoms with Crippen molar-refractivity contribution in [3.8, 4) is 5.75 Å². The van der Waals surface area contributed by atoms with E-state index in [1.165, 1.54) is 14.0 Å². The highest BCUT2D eigenvalue weighted by molar-refractivity contribution is 6.31. The van der Waals surface area contributed by atoms with Crippen molar-refractivity contribution >= 4 is 40.1 Å². The van der Waals surface area contributed by atoms with Crippen molar-refractivity contribution < 1.29 is 23.5 Å². The van der Waals surface area contributed by atoms with Crippen LogP contribution in [0.25, 0.3) is 11.0 Å². The van der Waals surface area contributed by atoms with E-state index in [9.17, 15) is 9.59 Å². The van der Waals surface area contributed by atoms with E-state index in [0.29, 0.717) is 16.5 Å². The van der Waals surface area contributed by atoms with Gasteiger partial charge in [0, 0.05) is 16.0 Å². The zero-order valence-electron chi connectivity index (χ0n) is 16.7. The summed E-state index contributed by atoms with van der Waals surface area (Å²) in [5.41, 5.74) is 4.06. The molecule has 3 aromatic rings. The van der Waals surface area contributed by atoms with Crippen LogP contribution in [0.2, 0.25) is 5.02 Å². The van der Waals surface area contributed by atoms with Gasteiger partial charge in [0.2, 0.25) is 0 Å². The Balaban J connectivity index is 1.66. The molecule has 1 atom stereocenters. The molecule has 0 saturated heterocycles. The minimum Gasteiger partial charge on any atom is -0.495 e. The first kappa shape index (κ1) is 20.7. The smallest absolute Gasteiger partial charge is 0.311 e. The number of benzene rings is 2. The van der Waals surface area contributed by atoms with E-state index < -0.39 is 18.0 Å². The molecular formula is C22H22ClNO5. The SMILES string of the molecule is COc1ccc(Cl)cc1NC(=O)[C@@H](C)OC(=O)Cc1coc2cc(C)c(C)cc12. The summed E-state index contributed by atoms with van der Waals surface area (Å²) in [6, 6.07) is 8.78. The Morgan fingerprint density at radius 2 is 1.90 bits per heavy atom. The number of hydrogen-bond acceptors (Lipinski definition) is 5. The van der Waals surface area contributed by atoms with Crippen molar-refractivity contribution in [2.24, 2.45) is 0 Å². The molecule has 0 saturated carbocycles. The van der Waals surface area contributed by atoms with Crippen LogP contribution in [0.4, 0.5) is 5.69 Å². The van der Waals surface area contributed by atoms with Crippen LogP contribution in [-0.4, -0.2) is 25.1 Å². The van der Waals surface area contributed by atoms with Gasteiger partial charge in [0.25, 0.3) is 5.91 Å². The Labute approximate surface area is 173 Å². The molecule has 6 nitrogen and oxygen atoms in total. The molecular weight excluding hydrogens is 394 g/mol. The topological polar surface area (TPSA) is 77.8 Å². The lowest BCUT2D eigenvalue weighted by Crippen LogP contribution is -2.30. The van der Waals surface area contributed by atoms with Crippen molar-refractivity contribution in [3.63, 3.8) is 0 Å². The summed E-state index contributed by atoms with van der Waals surface area (Å²) >= 11 is 5.97. The molecule has 3 rings (SSSR count). The Morgan fingerprint density at radius 3 is 2.62 bits per heavy atom. The molecule has 0 aliphatic rings. The van der Waals surface area contributed by atoms with E-state index in [1.54, 1.807) is 24.5 Å². The minimum absolute atomic E-state index is 0.00755. The van der Waals surface area contributed by atoms with Gasteiger partial charge in [-0.05, 0) is 62.2 Å². The largest absolute Gasteiger partial charge is 0.495 e. The number of rotatable bonds is 6. The Kier molecular flexibility index (Phi) is 6.13. The van der Waals surface area contributed by atoms with Crippen LogP contribution in [-0.2, 0) is 20.7 Å². The second-order valence-electron chi connectivity index (χ2n) is 6.84. The van der Waals surface area contributed by atoms with Gasteiger partial charge in [-0.15, -0.1) is 0 Å². The summed E-state index contributed by atoms with van der Waals surface area (Å²) in [6.45, 7) is 5.51. The molecule has 0 aliphatic heterocycles. The summed E-state index contributed by atoms with van der Waals surface area (Å²) in [4.78, 5) is 24.8. The summed E-state index contributed by atoms with van der Waals surface area (Å²) in [7, 11) is 1.49. The number of anilines is 1. The Hall–Kier alpha value is -2.99. The molecule has 0 radical (unpaired) electrons. The first-order chi connectivity index (χ1) is 13.8. The van der Waals surface area contributed by atoms with Crippen LogP contribution in [0.1, 0.15) is 23.6 Å². The lowest BCUT2D eigenvalue weighted by Gasteiger charge is -2.15. The fourth-order valence-electron chi connectivity index (χ4n) is 2.93. The molecule has 0 spiro atoms. The van der Waals surface area contributed by atoms with Gasteiger partial charge in [0.05, 0.1) is 25.5 Å². The van der Waals surface area contributed by atoms with E-state index in [2.05, 4.69) is 5.32 Å². The quantitative estimate of drug-likeness (QED) is 0.584. The van der Waals surface area contributed by atoms with Crippen molar-refractivity contribution in [1.82, 2.24) is 0 Å². The molecule has 152 valence electrons. The lowest BCUT2D eigenvalue weighted by molar-refractivity contribution is -0.152. The molecule has 0 aliphatic carbocycles. The second kappa shape index (κ2) is 8.57. The van der Waals surface area contributed by atoms with Gasteiger partial charge in [-0.1, -0.05) is 11.6 Å². The van der Waals surface area contributed by atoms with Crippen LogP contribution in [0, 0.1) is 13.8 Å². The van der Waals surface area contributed by atoms with Crippen molar-refractivity contribution in [1.29, 1.82) is 0 Å². The molecule has 1 N–H and O–H groups in total. The van der Waals surface area contributed by atoms with Gasteiger partial charge in [0.1, 0.15) is 11.3 Å². The zero-order chi connectivity index (χ0) is 21.1. The fourth-order valence-corrected chi connectivity index (χ4v) is 3.11. The first-order valence-corrected chi connectivity index (χ1v) is 9.47. The minimum atomic E-state index is -0.992. The maximum atomic E-state index is 12.4. The van der Waals surface area contributed by atoms with Gasteiger partial charge in [0.15, 0.2) is 6.10 Å². The fraction of sp³-hybridized carbons (Fsp3) is 0.273. The summed E-state index contributed by atoms with van der Waals surface area (Å²) < 4.78 is 16.0. The van der Waals surface area contributed by atoms with Crippen LogP contribution in [0.5, 0.6) is 5.75 Å². The Bertz CT molecular complexity index is 1070. The molecule has 0 bridgehead atoms. The number of methoxy groups -OCH3 is 1. The highest BCUT2D eigenvalue weighted by Gasteiger charge is 2.21. The standard InChI is InChI=1S/C22H22ClNO5/c1-12-7-17-15(11-28-20(17)8-13(12)2)9-21(25)29-14(3)22(26)24-18-10-16(23)5-6-19(18)27-4/h5-8,10-11,14H,9H2,1-4H3,(H,24,26)/t14-/m1/s1.